The first-order chi connectivity index (χ1) is 6.58. The summed E-state index contributed by atoms with van der Waals surface area (Å²) in [5.74, 6) is 0.391. The van der Waals surface area contributed by atoms with Crippen LogP contribution in [0.1, 0.15) is 30.9 Å². The Labute approximate surface area is 89.7 Å². The first-order valence-electron chi connectivity index (χ1n) is 5.07. The van der Waals surface area contributed by atoms with E-state index in [0.717, 1.165) is 24.0 Å². The van der Waals surface area contributed by atoms with Gasteiger partial charge in [-0.1, -0.05) is 37.1 Å². The summed E-state index contributed by atoms with van der Waals surface area (Å²) >= 11 is 6.12. The molecular formula is C12H15ClO. The fourth-order valence-electron chi connectivity index (χ4n) is 2.10. The van der Waals surface area contributed by atoms with E-state index >= 15 is 0 Å². The molecule has 1 aliphatic carbocycles. The van der Waals surface area contributed by atoms with Crippen molar-refractivity contribution in [2.75, 3.05) is 0 Å². The molecule has 1 fully saturated rings. The van der Waals surface area contributed by atoms with Gasteiger partial charge in [0.1, 0.15) is 0 Å². The van der Waals surface area contributed by atoms with Gasteiger partial charge >= 0.3 is 0 Å². The predicted molar refractivity (Wildman–Crippen MR) is 58.5 cm³/mol. The van der Waals surface area contributed by atoms with E-state index in [-0.39, 0.29) is 0 Å². The largest absolute Gasteiger partial charge is 0.385 e. The minimum absolute atomic E-state index is 0.391. The Bertz CT molecular complexity index is 361. The molecule has 2 unspecified atom stereocenters. The number of halogens is 1. The maximum Gasteiger partial charge on any atom is 0.0943 e. The average molecular weight is 211 g/mol. The van der Waals surface area contributed by atoms with Crippen LogP contribution in [0.25, 0.3) is 0 Å². The molecule has 1 saturated carbocycles. The molecule has 0 amide bonds. The Morgan fingerprint density at radius 2 is 2.29 bits per heavy atom. The van der Waals surface area contributed by atoms with E-state index in [0.29, 0.717) is 10.9 Å². The van der Waals surface area contributed by atoms with Crippen molar-refractivity contribution in [3.8, 4) is 0 Å². The lowest BCUT2D eigenvalue weighted by atomic mass is 10.0. The highest BCUT2D eigenvalue weighted by Crippen LogP contribution is 2.55. The molecule has 0 saturated heterocycles. The summed E-state index contributed by atoms with van der Waals surface area (Å²) in [6.45, 7) is 4.11. The van der Waals surface area contributed by atoms with Gasteiger partial charge in [0.2, 0.25) is 0 Å². The number of benzene rings is 1. The highest BCUT2D eigenvalue weighted by atomic mass is 35.5. The summed E-state index contributed by atoms with van der Waals surface area (Å²) in [6.07, 6.45) is 1.87. The summed E-state index contributed by atoms with van der Waals surface area (Å²) < 4.78 is 0. The number of hydrogen-bond donors (Lipinski definition) is 1. The van der Waals surface area contributed by atoms with Gasteiger partial charge in [-0.2, -0.15) is 0 Å². The van der Waals surface area contributed by atoms with Gasteiger partial charge in [-0.05, 0) is 30.9 Å². The molecule has 1 aromatic rings. The van der Waals surface area contributed by atoms with Crippen molar-refractivity contribution in [2.24, 2.45) is 5.92 Å². The van der Waals surface area contributed by atoms with Gasteiger partial charge < -0.3 is 5.11 Å². The molecule has 0 heterocycles. The molecule has 0 radical (unpaired) electrons. The molecule has 2 heteroatoms. The molecule has 1 N–H and O–H groups in total. The van der Waals surface area contributed by atoms with Crippen molar-refractivity contribution in [3.63, 3.8) is 0 Å². The number of hydrogen-bond acceptors (Lipinski definition) is 1. The van der Waals surface area contributed by atoms with Crippen LogP contribution >= 0.6 is 11.6 Å². The minimum Gasteiger partial charge on any atom is -0.385 e. The fourth-order valence-corrected chi connectivity index (χ4v) is 2.50. The van der Waals surface area contributed by atoms with Gasteiger partial charge in [0.05, 0.1) is 5.60 Å². The van der Waals surface area contributed by atoms with Crippen LogP contribution in [0, 0.1) is 12.8 Å². The molecule has 14 heavy (non-hydrogen) atoms. The van der Waals surface area contributed by atoms with Crippen LogP contribution in [0.3, 0.4) is 0 Å². The Hall–Kier alpha value is -0.530. The molecule has 1 aliphatic rings. The van der Waals surface area contributed by atoms with Gasteiger partial charge in [-0.3, -0.25) is 0 Å². The summed E-state index contributed by atoms with van der Waals surface area (Å²) in [4.78, 5) is 0. The molecule has 2 rings (SSSR count). The Balaban J connectivity index is 2.34. The normalized spacial score (nSPS) is 30.4. The van der Waals surface area contributed by atoms with Crippen LogP contribution in [0.5, 0.6) is 0 Å². The molecule has 2 atom stereocenters. The van der Waals surface area contributed by atoms with Crippen LogP contribution in [0.15, 0.2) is 18.2 Å². The first kappa shape index (κ1) is 10.0. The maximum absolute atomic E-state index is 10.2. The molecule has 0 aliphatic heterocycles. The standard InChI is InChI=1S/C12H15ClO/c1-3-9-7-12(9,14)10-5-4-8(2)6-11(10)13/h4-6,9,14H,3,7H2,1-2H3. The van der Waals surface area contributed by atoms with Crippen molar-refractivity contribution in [2.45, 2.75) is 32.3 Å². The summed E-state index contributed by atoms with van der Waals surface area (Å²) in [5, 5.41) is 10.9. The van der Waals surface area contributed by atoms with Gasteiger partial charge in [0.15, 0.2) is 0 Å². The van der Waals surface area contributed by atoms with E-state index in [4.69, 9.17) is 11.6 Å². The van der Waals surface area contributed by atoms with Crippen LogP contribution in [0.4, 0.5) is 0 Å². The first-order valence-corrected chi connectivity index (χ1v) is 5.44. The summed E-state index contributed by atoms with van der Waals surface area (Å²) in [5.41, 5.74) is 1.40. The lowest BCUT2D eigenvalue weighted by Crippen LogP contribution is -2.09. The number of aliphatic hydroxyl groups is 1. The van der Waals surface area contributed by atoms with Gasteiger partial charge in [-0.25, -0.2) is 0 Å². The van der Waals surface area contributed by atoms with E-state index in [1.165, 1.54) is 0 Å². The summed E-state index contributed by atoms with van der Waals surface area (Å²) in [7, 11) is 0. The smallest absolute Gasteiger partial charge is 0.0943 e. The van der Waals surface area contributed by atoms with E-state index in [9.17, 15) is 5.11 Å². The van der Waals surface area contributed by atoms with Crippen molar-refractivity contribution in [1.82, 2.24) is 0 Å². The lowest BCUT2D eigenvalue weighted by Gasteiger charge is -2.12. The molecule has 1 aromatic carbocycles. The molecule has 76 valence electrons. The third-order valence-corrected chi connectivity index (χ3v) is 3.47. The van der Waals surface area contributed by atoms with Crippen molar-refractivity contribution < 1.29 is 5.11 Å². The summed E-state index contributed by atoms with van der Waals surface area (Å²) in [6, 6.07) is 5.87. The van der Waals surface area contributed by atoms with Gasteiger partial charge in [0, 0.05) is 10.6 Å². The third-order valence-electron chi connectivity index (χ3n) is 3.16. The second-order valence-electron chi connectivity index (χ2n) is 4.22. The van der Waals surface area contributed by atoms with E-state index in [1.54, 1.807) is 0 Å². The Morgan fingerprint density at radius 3 is 2.79 bits per heavy atom. The monoisotopic (exact) mass is 210 g/mol. The minimum atomic E-state index is -0.639. The zero-order valence-electron chi connectivity index (χ0n) is 8.55. The second kappa shape index (κ2) is 3.25. The van der Waals surface area contributed by atoms with Crippen molar-refractivity contribution >= 4 is 11.6 Å². The van der Waals surface area contributed by atoms with Crippen molar-refractivity contribution in [1.29, 1.82) is 0 Å². The zero-order valence-corrected chi connectivity index (χ0v) is 9.30. The van der Waals surface area contributed by atoms with Crippen LogP contribution in [0.2, 0.25) is 5.02 Å². The highest BCUT2D eigenvalue weighted by molar-refractivity contribution is 6.31. The molecule has 0 aromatic heterocycles. The molecule has 0 spiro atoms. The zero-order chi connectivity index (χ0) is 10.3. The molecule has 1 nitrogen and oxygen atoms in total. The van der Waals surface area contributed by atoms with Crippen LogP contribution < -0.4 is 0 Å². The topological polar surface area (TPSA) is 20.2 Å². The number of aryl methyl sites for hydroxylation is 1. The fraction of sp³-hybridized carbons (Fsp3) is 0.500. The van der Waals surface area contributed by atoms with E-state index in [1.807, 2.05) is 25.1 Å². The second-order valence-corrected chi connectivity index (χ2v) is 4.62. The predicted octanol–water partition coefficient (Wildman–Crippen LogP) is 3.27. The third kappa shape index (κ3) is 1.45. The van der Waals surface area contributed by atoms with Crippen LogP contribution in [-0.4, -0.2) is 5.11 Å². The van der Waals surface area contributed by atoms with E-state index < -0.39 is 5.60 Å². The molecule has 0 bridgehead atoms. The van der Waals surface area contributed by atoms with Gasteiger partial charge in [0.25, 0.3) is 0 Å². The van der Waals surface area contributed by atoms with E-state index in [2.05, 4.69) is 6.92 Å². The average Bonchev–Trinajstić information content (AvgIpc) is 2.77. The van der Waals surface area contributed by atoms with Crippen LogP contribution in [-0.2, 0) is 5.60 Å². The SMILES string of the molecule is CCC1CC1(O)c1ccc(C)cc1Cl. The maximum atomic E-state index is 10.2. The quantitative estimate of drug-likeness (QED) is 0.795. The van der Waals surface area contributed by atoms with Gasteiger partial charge in [-0.15, -0.1) is 0 Å². The molecular weight excluding hydrogens is 196 g/mol. The van der Waals surface area contributed by atoms with Crippen molar-refractivity contribution in [3.05, 3.63) is 34.3 Å². The number of rotatable bonds is 2. The lowest BCUT2D eigenvalue weighted by molar-refractivity contribution is 0.130. The Kier molecular flexibility index (Phi) is 2.32. The Morgan fingerprint density at radius 1 is 1.57 bits per heavy atom. The highest BCUT2D eigenvalue weighted by Gasteiger charge is 2.53.